The summed E-state index contributed by atoms with van der Waals surface area (Å²) in [6, 6.07) is -0.784. The zero-order chi connectivity index (χ0) is 23.9. The van der Waals surface area contributed by atoms with Crippen molar-refractivity contribution in [3.8, 4) is 0 Å². The summed E-state index contributed by atoms with van der Waals surface area (Å²) in [5.74, 6) is -1.18. The van der Waals surface area contributed by atoms with Crippen LogP contribution >= 0.6 is 0 Å². The van der Waals surface area contributed by atoms with Gasteiger partial charge < -0.3 is 10.4 Å². The summed E-state index contributed by atoms with van der Waals surface area (Å²) in [6.45, 7) is 5.93. The normalized spacial score (nSPS) is 14.3. The molecule has 0 aliphatic carbocycles. The quantitative estimate of drug-likeness (QED) is 0.162. The zero-order valence-corrected chi connectivity index (χ0v) is 20.5. The predicted molar refractivity (Wildman–Crippen MR) is 137 cm³/mol. The Morgan fingerprint density at radius 1 is 0.750 bits per heavy atom. The summed E-state index contributed by atoms with van der Waals surface area (Å²) < 4.78 is 0. The van der Waals surface area contributed by atoms with Crippen molar-refractivity contribution in [2.75, 3.05) is 0 Å². The summed E-state index contributed by atoms with van der Waals surface area (Å²) in [6.07, 6.45) is 31.9. The minimum absolute atomic E-state index is 0.0632. The number of unbranched alkanes of at least 4 members (excludes halogenated alkanes) is 3. The molecule has 0 fully saturated rings. The molecule has 0 radical (unpaired) electrons. The Hall–Kier alpha value is -2.36. The van der Waals surface area contributed by atoms with Gasteiger partial charge >= 0.3 is 5.97 Å². The molecule has 0 unspecified atom stereocenters. The van der Waals surface area contributed by atoms with Crippen molar-refractivity contribution in [2.45, 2.75) is 97.4 Å². The summed E-state index contributed by atoms with van der Waals surface area (Å²) in [4.78, 5) is 23.2. The molecule has 0 aromatic rings. The van der Waals surface area contributed by atoms with Gasteiger partial charge in [0.2, 0.25) is 5.91 Å². The Kier molecular flexibility index (Phi) is 20.2. The van der Waals surface area contributed by atoms with Gasteiger partial charge in [-0.1, -0.05) is 94.4 Å². The van der Waals surface area contributed by atoms with Crippen LogP contribution in [0.5, 0.6) is 0 Å². The Balaban J connectivity index is 3.70. The van der Waals surface area contributed by atoms with Crippen LogP contribution < -0.4 is 5.32 Å². The molecule has 2 N–H and O–H groups in total. The van der Waals surface area contributed by atoms with E-state index in [9.17, 15) is 14.7 Å². The molecule has 0 aliphatic heterocycles. The lowest BCUT2D eigenvalue weighted by atomic mass is 9.99. The fourth-order valence-corrected chi connectivity index (χ4v) is 3.02. The highest BCUT2D eigenvalue weighted by molar-refractivity contribution is 5.83. The lowest BCUT2D eigenvalue weighted by Crippen LogP contribution is -2.44. The first kappa shape index (κ1) is 29.6. The summed E-state index contributed by atoms with van der Waals surface area (Å²) >= 11 is 0. The molecular formula is C28H45NO3. The molecule has 32 heavy (non-hydrogen) atoms. The fourth-order valence-electron chi connectivity index (χ4n) is 3.02. The maximum atomic E-state index is 12.0. The van der Waals surface area contributed by atoms with Crippen molar-refractivity contribution < 1.29 is 14.7 Å². The van der Waals surface area contributed by atoms with E-state index in [4.69, 9.17) is 0 Å². The lowest BCUT2D eigenvalue weighted by molar-refractivity contribution is -0.143. The van der Waals surface area contributed by atoms with E-state index in [1.54, 1.807) is 0 Å². The number of rotatable bonds is 19. The average Bonchev–Trinajstić information content (AvgIpc) is 2.78. The van der Waals surface area contributed by atoms with Gasteiger partial charge in [-0.15, -0.1) is 0 Å². The predicted octanol–water partition coefficient (Wildman–Crippen LogP) is 7.30. The van der Waals surface area contributed by atoms with Gasteiger partial charge in [-0.25, -0.2) is 4.79 Å². The van der Waals surface area contributed by atoms with Crippen molar-refractivity contribution in [3.05, 3.63) is 60.8 Å². The highest BCUT2D eigenvalue weighted by atomic mass is 16.4. The first-order valence-electron chi connectivity index (χ1n) is 12.3. The summed E-state index contributed by atoms with van der Waals surface area (Å²) in [7, 11) is 0. The third-order valence-corrected chi connectivity index (χ3v) is 5.23. The molecule has 0 saturated heterocycles. The molecule has 0 aliphatic rings. The van der Waals surface area contributed by atoms with Crippen LogP contribution in [-0.4, -0.2) is 23.0 Å². The number of amides is 1. The van der Waals surface area contributed by atoms with E-state index in [2.05, 4.69) is 73.0 Å². The number of hydrogen-bond donors (Lipinski definition) is 2. The molecule has 4 heteroatoms. The Labute approximate surface area is 196 Å². The number of allylic oxidation sites excluding steroid dienone is 10. The molecule has 180 valence electrons. The van der Waals surface area contributed by atoms with Crippen LogP contribution in [0.4, 0.5) is 0 Å². The summed E-state index contributed by atoms with van der Waals surface area (Å²) in [5, 5.41) is 11.9. The van der Waals surface area contributed by atoms with E-state index in [1.165, 1.54) is 0 Å². The maximum absolute atomic E-state index is 12.0. The Morgan fingerprint density at radius 3 is 1.72 bits per heavy atom. The first-order chi connectivity index (χ1) is 15.5. The van der Waals surface area contributed by atoms with Crippen molar-refractivity contribution >= 4 is 11.9 Å². The fraction of sp³-hybridized carbons (Fsp3) is 0.571. The standard InChI is InChI=1S/C28H45NO3/c1-4-6-7-8-9-10-11-12-13-14-15-16-17-18-19-20-21-22-23-24-26(30)29-27(28(31)32)25(3)5-2/h6-7,9-10,12-13,15-16,18-19,25,27H,4-5,8,11,14,17,20-24H2,1-3H3,(H,29,30)(H,31,32)/b7-6-,10-9-,13-12-,16-15-,19-18-/t25-,27-/m0/s1. The van der Waals surface area contributed by atoms with E-state index >= 15 is 0 Å². The topological polar surface area (TPSA) is 66.4 Å². The third-order valence-electron chi connectivity index (χ3n) is 5.23. The average molecular weight is 444 g/mol. The van der Waals surface area contributed by atoms with Gasteiger partial charge in [-0.05, 0) is 57.3 Å². The van der Waals surface area contributed by atoms with E-state index in [0.29, 0.717) is 6.42 Å². The second-order valence-corrected chi connectivity index (χ2v) is 8.08. The van der Waals surface area contributed by atoms with E-state index in [1.807, 2.05) is 13.8 Å². The first-order valence-corrected chi connectivity index (χ1v) is 12.3. The lowest BCUT2D eigenvalue weighted by Gasteiger charge is -2.20. The highest BCUT2D eigenvalue weighted by Gasteiger charge is 2.24. The summed E-state index contributed by atoms with van der Waals surface area (Å²) in [5.41, 5.74) is 0. The second-order valence-electron chi connectivity index (χ2n) is 8.08. The minimum Gasteiger partial charge on any atom is -0.480 e. The molecule has 0 aromatic carbocycles. The van der Waals surface area contributed by atoms with Gasteiger partial charge in [0.25, 0.3) is 0 Å². The van der Waals surface area contributed by atoms with E-state index in [0.717, 1.165) is 64.2 Å². The van der Waals surface area contributed by atoms with Crippen molar-refractivity contribution in [1.29, 1.82) is 0 Å². The number of aliphatic carboxylic acids is 1. The molecule has 4 nitrogen and oxygen atoms in total. The maximum Gasteiger partial charge on any atom is 0.326 e. The molecule has 0 rings (SSSR count). The molecule has 0 saturated carbocycles. The van der Waals surface area contributed by atoms with Crippen LogP contribution in [0.1, 0.15) is 91.4 Å². The molecule has 2 atom stereocenters. The number of carbonyl (C=O) groups is 2. The molecule has 0 spiro atoms. The third kappa shape index (κ3) is 18.4. The number of hydrogen-bond acceptors (Lipinski definition) is 2. The van der Waals surface area contributed by atoms with Gasteiger partial charge in [0, 0.05) is 6.42 Å². The molecular weight excluding hydrogens is 398 g/mol. The number of carboxylic acid groups (broad SMARTS) is 1. The van der Waals surface area contributed by atoms with Crippen LogP contribution in [0.2, 0.25) is 0 Å². The van der Waals surface area contributed by atoms with Crippen LogP contribution in [0.25, 0.3) is 0 Å². The second kappa shape index (κ2) is 21.9. The minimum atomic E-state index is -0.953. The SMILES string of the molecule is CC/C=C\C/C=C\C/C=C\C/C=C\C/C=C\CCCCCC(=O)N[C@H](C(=O)O)[C@@H](C)CC. The van der Waals surface area contributed by atoms with Gasteiger partial charge in [-0.3, -0.25) is 4.79 Å². The van der Waals surface area contributed by atoms with Crippen LogP contribution in [0, 0.1) is 5.92 Å². The highest BCUT2D eigenvalue weighted by Crippen LogP contribution is 2.09. The van der Waals surface area contributed by atoms with Crippen LogP contribution in [0.15, 0.2) is 60.8 Å². The molecule has 0 heterocycles. The van der Waals surface area contributed by atoms with Crippen LogP contribution in [-0.2, 0) is 9.59 Å². The van der Waals surface area contributed by atoms with Crippen molar-refractivity contribution in [3.63, 3.8) is 0 Å². The van der Waals surface area contributed by atoms with Gasteiger partial charge in [0.1, 0.15) is 6.04 Å². The number of carboxylic acids is 1. The smallest absolute Gasteiger partial charge is 0.326 e. The van der Waals surface area contributed by atoms with Gasteiger partial charge in [-0.2, -0.15) is 0 Å². The van der Waals surface area contributed by atoms with Crippen molar-refractivity contribution in [2.24, 2.45) is 5.92 Å². The molecule has 0 aromatic heterocycles. The van der Waals surface area contributed by atoms with Gasteiger partial charge in [0.05, 0.1) is 0 Å². The zero-order valence-electron chi connectivity index (χ0n) is 20.5. The number of nitrogens with one attached hydrogen (secondary N) is 1. The van der Waals surface area contributed by atoms with Crippen molar-refractivity contribution in [1.82, 2.24) is 5.32 Å². The molecule has 1 amide bonds. The molecule has 0 bridgehead atoms. The Bertz CT molecular complexity index is 629. The van der Waals surface area contributed by atoms with Gasteiger partial charge in [0.15, 0.2) is 0 Å². The van der Waals surface area contributed by atoms with E-state index < -0.39 is 12.0 Å². The van der Waals surface area contributed by atoms with E-state index in [-0.39, 0.29) is 11.8 Å². The monoisotopic (exact) mass is 443 g/mol. The largest absolute Gasteiger partial charge is 0.480 e. The number of carbonyl (C=O) groups excluding carboxylic acids is 1. The van der Waals surface area contributed by atoms with Crippen LogP contribution in [0.3, 0.4) is 0 Å². The Morgan fingerprint density at radius 2 is 1.25 bits per heavy atom.